The zero-order valence-electron chi connectivity index (χ0n) is 46.5. The van der Waals surface area contributed by atoms with E-state index in [0.29, 0.717) is 36.0 Å². The van der Waals surface area contributed by atoms with Crippen molar-refractivity contribution in [2.75, 3.05) is 45.9 Å². The van der Waals surface area contributed by atoms with Crippen molar-refractivity contribution in [3.05, 3.63) is 132 Å². The Morgan fingerprint density at radius 3 is 1.54 bits per heavy atom. The van der Waals surface area contributed by atoms with Gasteiger partial charge in [0.25, 0.3) is 0 Å². The number of benzene rings is 3. The Hall–Kier alpha value is -4.66. The molecule has 5 aromatic rings. The number of fused-ring (bicyclic) bond motifs is 1. The van der Waals surface area contributed by atoms with Crippen LogP contribution in [0.5, 0.6) is 5.75 Å². The molecule has 0 saturated carbocycles. The molecule has 12 heteroatoms. The lowest BCUT2D eigenvalue weighted by atomic mass is 10.1. The number of hydrogen-bond acceptors (Lipinski definition) is 10. The number of phenolic OH excluding ortho intramolecular Hbond substituents is 1. The van der Waals surface area contributed by atoms with Gasteiger partial charge in [0.2, 0.25) is 0 Å². The second kappa shape index (κ2) is 40.9. The molecule has 12 nitrogen and oxygen atoms in total. The number of aromatic hydroxyl groups is 1. The van der Waals surface area contributed by atoms with Crippen molar-refractivity contribution < 1.29 is 10.2 Å². The summed E-state index contributed by atoms with van der Waals surface area (Å²) in [7, 11) is 0. The number of likely N-dealkylation sites (N-methyl/N-ethyl adjacent to an activating group) is 5. The highest BCUT2D eigenvalue weighted by Crippen LogP contribution is 2.19. The monoisotopic (exact) mass is 981 g/mol. The average molecular weight is 982 g/mol. The van der Waals surface area contributed by atoms with Crippen molar-refractivity contribution in [3.63, 3.8) is 0 Å². The highest BCUT2D eigenvalue weighted by molar-refractivity contribution is 5.83. The van der Waals surface area contributed by atoms with Gasteiger partial charge in [0.1, 0.15) is 5.75 Å². The van der Waals surface area contributed by atoms with Crippen LogP contribution in [0.3, 0.4) is 0 Å². The molecule has 0 aliphatic carbocycles. The summed E-state index contributed by atoms with van der Waals surface area (Å²) >= 11 is 0. The van der Waals surface area contributed by atoms with Gasteiger partial charge in [-0.2, -0.15) is 0 Å². The topological polar surface area (TPSA) is 159 Å². The Balaban J connectivity index is 0.000000431. The van der Waals surface area contributed by atoms with Crippen molar-refractivity contribution in [3.8, 4) is 5.75 Å². The molecule has 71 heavy (non-hydrogen) atoms. The van der Waals surface area contributed by atoms with Gasteiger partial charge in [0, 0.05) is 97.0 Å². The molecule has 398 valence electrons. The second-order valence-corrected chi connectivity index (χ2v) is 18.5. The first-order valence-electron chi connectivity index (χ1n) is 26.8. The number of aromatic nitrogens is 3. The van der Waals surface area contributed by atoms with Gasteiger partial charge in [-0.15, -0.1) is 0 Å². The first-order valence-corrected chi connectivity index (χ1v) is 26.8. The Morgan fingerprint density at radius 2 is 1.04 bits per heavy atom. The number of aliphatic imine (C=N–C) groups is 1. The van der Waals surface area contributed by atoms with Crippen LogP contribution in [0.2, 0.25) is 0 Å². The van der Waals surface area contributed by atoms with Gasteiger partial charge in [-0.1, -0.05) is 102 Å². The van der Waals surface area contributed by atoms with Crippen molar-refractivity contribution in [1.29, 1.82) is 0 Å². The molecule has 0 unspecified atom stereocenters. The van der Waals surface area contributed by atoms with Crippen LogP contribution in [0.1, 0.15) is 125 Å². The van der Waals surface area contributed by atoms with Crippen LogP contribution in [0, 0.1) is 0 Å². The number of H-pyrrole nitrogens is 1. The molecule has 3 aromatic carbocycles. The number of aliphatic hydroxyl groups excluding tert-OH is 1. The molecule has 6 atom stereocenters. The Kier molecular flexibility index (Phi) is 37.1. The normalized spacial score (nSPS) is 14.0. The van der Waals surface area contributed by atoms with E-state index >= 15 is 0 Å². The fraction of sp³-hybridized carbons (Fsp3) is 0.559. The molecule has 0 fully saturated rings. The van der Waals surface area contributed by atoms with E-state index in [1.165, 1.54) is 38.9 Å². The van der Waals surface area contributed by atoms with E-state index < -0.39 is 0 Å². The van der Waals surface area contributed by atoms with E-state index in [1.807, 2.05) is 50.9 Å². The minimum atomic E-state index is 0.230. The summed E-state index contributed by atoms with van der Waals surface area (Å²) < 4.78 is 2.19. The van der Waals surface area contributed by atoms with Crippen LogP contribution in [0.15, 0.2) is 114 Å². The first kappa shape index (κ1) is 64.4. The molecule has 9 N–H and O–H groups in total. The molecule has 6 rings (SSSR count). The van der Waals surface area contributed by atoms with E-state index in [-0.39, 0.29) is 12.6 Å². The molecule has 2 aromatic heterocycles. The maximum absolute atomic E-state index is 9.08. The molecule has 3 heterocycles. The molecule has 0 radical (unpaired) electrons. The highest BCUT2D eigenvalue weighted by atomic mass is 16.3. The smallest absolute Gasteiger partial charge is 0.115 e. The molecule has 0 bridgehead atoms. The third kappa shape index (κ3) is 30.7. The van der Waals surface area contributed by atoms with Crippen LogP contribution >= 0.6 is 0 Å². The van der Waals surface area contributed by atoms with Crippen molar-refractivity contribution in [2.45, 2.75) is 171 Å². The average Bonchev–Trinajstić information content (AvgIpc) is 4.14. The van der Waals surface area contributed by atoms with Gasteiger partial charge in [0.15, 0.2) is 0 Å². The van der Waals surface area contributed by atoms with E-state index in [9.17, 15) is 0 Å². The number of phenols is 1. The number of rotatable bonds is 24. The zero-order chi connectivity index (χ0) is 52.7. The maximum Gasteiger partial charge on any atom is 0.115 e. The third-order valence-corrected chi connectivity index (χ3v) is 11.6. The largest absolute Gasteiger partial charge is 0.508 e. The summed E-state index contributed by atoms with van der Waals surface area (Å²) in [6.45, 7) is 35.1. The van der Waals surface area contributed by atoms with Crippen LogP contribution in [-0.4, -0.2) is 113 Å². The lowest BCUT2D eigenvalue weighted by Gasteiger charge is -2.12. The molecule has 1 aliphatic heterocycles. The Morgan fingerprint density at radius 1 is 0.563 bits per heavy atom. The number of aryl methyl sites for hydroxylation is 1. The maximum atomic E-state index is 9.08. The zero-order valence-corrected chi connectivity index (χ0v) is 46.5. The minimum Gasteiger partial charge on any atom is -0.508 e. The standard InChI is InChI=1S/C13H18N2.C11H17NO.C11H17N.C10H19N3.C9H16N2.C5H13NO/c1-3-14-10(2)8-11-9-15-13-7-5-4-6-12(11)13;1-3-12-9(2)8-10-4-6-11(13)7-5-10;1-3-12-10(2)9-11-7-5-4-6-8-11;1-4-12-9(3)6-10-7-11-8-13(10)5-2;1-3-11-8(2)6-9-4-5-10-7-9;1-3-6-5(2)4-7/h4-7,9-10,14-15H,3,8H2,1-2H3;4-7,9,12-13H,3,8H2,1-2H3;4-8,10,12H,3,9H2,1-2H3;7-9,12H,4-6H2,1-3H3;5,7-8,11H,3-4,6H2,1-2H3;5-7H,3-4H2,1-2H3/t10-;9-;10-;9-;8-;5-/m111111/s1. The van der Waals surface area contributed by atoms with E-state index in [0.717, 1.165) is 84.3 Å². The summed E-state index contributed by atoms with van der Waals surface area (Å²) in [6.07, 6.45) is 16.4. The lowest BCUT2D eigenvalue weighted by Crippen LogP contribution is -2.28. The minimum absolute atomic E-state index is 0.230. The predicted molar refractivity (Wildman–Crippen MR) is 307 cm³/mol. The number of nitrogens with zero attached hydrogens (tertiary/aromatic N) is 3. The van der Waals surface area contributed by atoms with Crippen LogP contribution in [0.4, 0.5) is 0 Å². The Labute approximate surface area is 431 Å². The van der Waals surface area contributed by atoms with Gasteiger partial charge < -0.3 is 51.7 Å². The lowest BCUT2D eigenvalue weighted by molar-refractivity contribution is 0.253. The summed E-state index contributed by atoms with van der Waals surface area (Å²) in [4.78, 5) is 11.5. The highest BCUT2D eigenvalue weighted by Gasteiger charge is 2.08. The van der Waals surface area contributed by atoms with Crippen LogP contribution < -0.4 is 31.9 Å². The SMILES string of the molecule is CCN[C@H](C)CC1=CN=CC1.CCN[C@H](C)CO.CCN[C@H](C)Cc1c[nH]c2ccccc12.CCN[C@H](C)Cc1ccc(O)cc1.CCN[C@H](C)Cc1ccccc1.CCN[C@H](C)Cc1cncn1CC. The van der Waals surface area contributed by atoms with Crippen LogP contribution in [-0.2, 0) is 32.2 Å². The van der Waals surface area contributed by atoms with E-state index in [4.69, 9.17) is 10.2 Å². The predicted octanol–water partition coefficient (Wildman–Crippen LogP) is 10.0. The summed E-state index contributed by atoms with van der Waals surface area (Å²) in [5.41, 5.74) is 8.06. The molecular formula is C59H100N10O2. The number of nitrogens with one attached hydrogen (secondary N) is 7. The molecule has 0 saturated heterocycles. The van der Waals surface area contributed by atoms with Gasteiger partial charge in [-0.3, -0.25) is 4.99 Å². The summed E-state index contributed by atoms with van der Waals surface area (Å²) in [6, 6.07) is 29.4. The first-order chi connectivity index (χ1) is 34.3. The molecular weight excluding hydrogens is 881 g/mol. The van der Waals surface area contributed by atoms with E-state index in [2.05, 4.69) is 188 Å². The summed E-state index contributed by atoms with van der Waals surface area (Å²) in [5, 5.41) is 38.8. The summed E-state index contributed by atoms with van der Waals surface area (Å²) in [5.74, 6) is 0.333. The van der Waals surface area contributed by atoms with Crippen molar-refractivity contribution >= 4 is 17.1 Å². The van der Waals surface area contributed by atoms with E-state index in [1.54, 1.807) is 12.1 Å². The molecule has 0 amide bonds. The molecule has 1 aliphatic rings. The fourth-order valence-corrected chi connectivity index (χ4v) is 8.13. The number of para-hydroxylation sites is 1. The van der Waals surface area contributed by atoms with Crippen LogP contribution in [0.25, 0.3) is 10.9 Å². The molecule has 0 spiro atoms. The van der Waals surface area contributed by atoms with Gasteiger partial charge in [0.05, 0.1) is 12.9 Å². The second-order valence-electron chi connectivity index (χ2n) is 18.5. The van der Waals surface area contributed by atoms with Crippen molar-refractivity contribution in [2.24, 2.45) is 4.99 Å². The van der Waals surface area contributed by atoms with Crippen molar-refractivity contribution in [1.82, 2.24) is 46.4 Å². The number of imidazole rings is 1. The van der Waals surface area contributed by atoms with Gasteiger partial charge in [-0.05, 0) is 154 Å². The number of hydrogen-bond donors (Lipinski definition) is 9. The van der Waals surface area contributed by atoms with Gasteiger partial charge >= 0.3 is 0 Å². The quantitative estimate of drug-likeness (QED) is 0.0294. The van der Waals surface area contributed by atoms with Gasteiger partial charge in [-0.25, -0.2) is 4.98 Å². The fourth-order valence-electron chi connectivity index (χ4n) is 8.13. The third-order valence-electron chi connectivity index (χ3n) is 11.6. The number of aromatic amines is 1. The number of aliphatic hydroxyl groups is 1. The Bertz CT molecular complexity index is 2050.